The number of fused-ring (bicyclic) bond motifs is 1. The van der Waals surface area contributed by atoms with E-state index in [1.165, 1.54) is 11.2 Å². The molecule has 23 heavy (non-hydrogen) atoms. The number of imide groups is 1. The van der Waals surface area contributed by atoms with Crippen molar-refractivity contribution in [3.63, 3.8) is 0 Å². The molecule has 0 radical (unpaired) electrons. The maximum atomic E-state index is 12.8. The molecule has 0 fully saturated rings. The van der Waals surface area contributed by atoms with E-state index >= 15 is 0 Å². The topological polar surface area (TPSA) is 79.0 Å². The highest BCUT2D eigenvalue weighted by molar-refractivity contribution is 6.21. The van der Waals surface area contributed by atoms with Crippen LogP contribution in [0.25, 0.3) is 0 Å². The van der Waals surface area contributed by atoms with Gasteiger partial charge in [-0.05, 0) is 17.7 Å². The molecule has 4 rings (SSSR count). The fourth-order valence-corrected chi connectivity index (χ4v) is 2.85. The largest absolute Gasteiger partial charge is 0.269 e. The van der Waals surface area contributed by atoms with Crippen molar-refractivity contribution in [1.82, 2.24) is 20.1 Å². The molecule has 0 unspecified atom stereocenters. The molecular formula is C17H12N4O2. The Morgan fingerprint density at radius 3 is 2.04 bits per heavy atom. The minimum atomic E-state index is -0.633. The summed E-state index contributed by atoms with van der Waals surface area (Å²) in [5.74, 6) is -0.197. The summed E-state index contributed by atoms with van der Waals surface area (Å²) in [6.07, 6.45) is 1.36. The SMILES string of the molecule is O=C1c2ccccc2C(=O)N1[C@H](c1ccccc1)c1ncn[nH]1. The Morgan fingerprint density at radius 1 is 0.870 bits per heavy atom. The van der Waals surface area contributed by atoms with Gasteiger partial charge >= 0.3 is 0 Å². The van der Waals surface area contributed by atoms with Gasteiger partial charge in [-0.2, -0.15) is 5.10 Å². The Hall–Kier alpha value is -3.28. The molecule has 0 bridgehead atoms. The van der Waals surface area contributed by atoms with E-state index in [2.05, 4.69) is 15.2 Å². The fraction of sp³-hybridized carbons (Fsp3) is 0.0588. The highest BCUT2D eigenvalue weighted by atomic mass is 16.2. The van der Waals surface area contributed by atoms with Crippen LogP contribution in [0, 0.1) is 0 Å². The highest BCUT2D eigenvalue weighted by Crippen LogP contribution is 2.34. The normalized spacial score (nSPS) is 14.9. The number of carbonyl (C=O) groups excluding carboxylic acids is 2. The molecule has 6 heteroatoms. The quantitative estimate of drug-likeness (QED) is 0.752. The van der Waals surface area contributed by atoms with Gasteiger partial charge in [0.15, 0.2) is 5.82 Å². The summed E-state index contributed by atoms with van der Waals surface area (Å²) in [5.41, 5.74) is 1.62. The summed E-state index contributed by atoms with van der Waals surface area (Å²) in [7, 11) is 0. The van der Waals surface area contributed by atoms with Gasteiger partial charge in [0, 0.05) is 0 Å². The smallest absolute Gasteiger partial charge is 0.262 e. The van der Waals surface area contributed by atoms with Gasteiger partial charge in [-0.1, -0.05) is 42.5 Å². The molecule has 2 aromatic carbocycles. The van der Waals surface area contributed by atoms with Crippen molar-refractivity contribution in [1.29, 1.82) is 0 Å². The second kappa shape index (κ2) is 5.17. The lowest BCUT2D eigenvalue weighted by Gasteiger charge is -2.24. The molecule has 0 saturated carbocycles. The predicted molar refractivity (Wildman–Crippen MR) is 81.6 cm³/mol. The number of carbonyl (C=O) groups is 2. The molecule has 3 aromatic rings. The van der Waals surface area contributed by atoms with E-state index in [9.17, 15) is 9.59 Å². The van der Waals surface area contributed by atoms with E-state index in [1.54, 1.807) is 24.3 Å². The molecule has 6 nitrogen and oxygen atoms in total. The Kier molecular flexibility index (Phi) is 3.01. The summed E-state index contributed by atoms with van der Waals surface area (Å²) < 4.78 is 0. The third kappa shape index (κ3) is 2.03. The second-order valence-corrected chi connectivity index (χ2v) is 5.21. The number of aromatic amines is 1. The van der Waals surface area contributed by atoms with Crippen molar-refractivity contribution >= 4 is 11.8 Å². The van der Waals surface area contributed by atoms with Crippen LogP contribution < -0.4 is 0 Å². The number of H-pyrrole nitrogens is 1. The molecule has 2 heterocycles. The van der Waals surface area contributed by atoms with Crippen LogP contribution in [0.3, 0.4) is 0 Å². The van der Waals surface area contributed by atoms with E-state index in [4.69, 9.17) is 0 Å². The number of nitrogens with one attached hydrogen (secondary N) is 1. The van der Waals surface area contributed by atoms with Crippen molar-refractivity contribution < 1.29 is 9.59 Å². The number of nitrogens with zero attached hydrogens (tertiary/aromatic N) is 3. The highest BCUT2D eigenvalue weighted by Gasteiger charge is 2.42. The first kappa shape index (κ1) is 13.4. The fourth-order valence-electron chi connectivity index (χ4n) is 2.85. The lowest BCUT2D eigenvalue weighted by molar-refractivity contribution is 0.0603. The second-order valence-electron chi connectivity index (χ2n) is 5.21. The van der Waals surface area contributed by atoms with Crippen molar-refractivity contribution in [3.8, 4) is 0 Å². The van der Waals surface area contributed by atoms with Gasteiger partial charge in [0.25, 0.3) is 11.8 Å². The molecule has 2 amide bonds. The van der Waals surface area contributed by atoms with Crippen LogP contribution in [0.2, 0.25) is 0 Å². The molecule has 0 aliphatic carbocycles. The summed E-state index contributed by atoms with van der Waals surface area (Å²) >= 11 is 0. The number of rotatable bonds is 3. The lowest BCUT2D eigenvalue weighted by atomic mass is 10.0. The monoisotopic (exact) mass is 304 g/mol. The minimum Gasteiger partial charge on any atom is -0.269 e. The van der Waals surface area contributed by atoms with Gasteiger partial charge in [-0.15, -0.1) is 0 Å². The standard InChI is InChI=1S/C17H12N4O2/c22-16-12-8-4-5-9-13(12)17(23)21(16)14(15-18-10-19-20-15)11-6-2-1-3-7-11/h1-10,14H,(H,18,19,20)/t14-/m1/s1. The van der Waals surface area contributed by atoms with Crippen molar-refractivity contribution in [2.24, 2.45) is 0 Å². The zero-order valence-electron chi connectivity index (χ0n) is 12.0. The average Bonchev–Trinajstić information content (AvgIpc) is 3.20. The Bertz CT molecular complexity index is 840. The maximum absolute atomic E-state index is 12.8. The third-order valence-electron chi connectivity index (χ3n) is 3.89. The Morgan fingerprint density at radius 2 is 1.48 bits per heavy atom. The molecule has 1 N–H and O–H groups in total. The van der Waals surface area contributed by atoms with E-state index < -0.39 is 6.04 Å². The van der Waals surface area contributed by atoms with Crippen LogP contribution in [0.1, 0.15) is 38.1 Å². The lowest BCUT2D eigenvalue weighted by Crippen LogP contribution is -2.35. The number of hydrogen-bond acceptors (Lipinski definition) is 4. The first-order valence-corrected chi connectivity index (χ1v) is 7.14. The Balaban J connectivity index is 1.86. The predicted octanol–water partition coefficient (Wildman–Crippen LogP) is 2.19. The molecular weight excluding hydrogens is 292 g/mol. The van der Waals surface area contributed by atoms with Crippen LogP contribution in [-0.2, 0) is 0 Å². The van der Waals surface area contributed by atoms with E-state index in [0.717, 1.165) is 5.56 Å². The van der Waals surface area contributed by atoms with Gasteiger partial charge in [-0.25, -0.2) is 4.98 Å². The number of amides is 2. The van der Waals surface area contributed by atoms with Crippen LogP contribution in [0.15, 0.2) is 60.9 Å². The third-order valence-corrected chi connectivity index (χ3v) is 3.89. The molecule has 0 spiro atoms. The molecule has 1 aliphatic rings. The zero-order chi connectivity index (χ0) is 15.8. The van der Waals surface area contributed by atoms with Gasteiger partial charge < -0.3 is 0 Å². The molecule has 112 valence electrons. The first-order valence-electron chi connectivity index (χ1n) is 7.14. The van der Waals surface area contributed by atoms with E-state index in [-0.39, 0.29) is 11.8 Å². The van der Waals surface area contributed by atoms with Crippen LogP contribution in [0.4, 0.5) is 0 Å². The summed E-state index contributed by atoms with van der Waals surface area (Å²) in [6, 6.07) is 15.5. The summed E-state index contributed by atoms with van der Waals surface area (Å²) in [5, 5.41) is 6.63. The van der Waals surface area contributed by atoms with E-state index in [0.29, 0.717) is 17.0 Å². The molecule has 1 aromatic heterocycles. The Labute approximate surface area is 131 Å². The van der Waals surface area contributed by atoms with Gasteiger partial charge in [-0.3, -0.25) is 19.6 Å². The van der Waals surface area contributed by atoms with Crippen LogP contribution in [0.5, 0.6) is 0 Å². The minimum absolute atomic E-state index is 0.323. The first-order chi connectivity index (χ1) is 11.3. The van der Waals surface area contributed by atoms with Gasteiger partial charge in [0.05, 0.1) is 11.1 Å². The number of hydrogen-bond donors (Lipinski definition) is 1. The van der Waals surface area contributed by atoms with Crippen molar-refractivity contribution in [3.05, 3.63) is 83.4 Å². The van der Waals surface area contributed by atoms with Gasteiger partial charge in [0.1, 0.15) is 12.4 Å². The van der Waals surface area contributed by atoms with E-state index in [1.807, 2.05) is 30.3 Å². The van der Waals surface area contributed by atoms with Gasteiger partial charge in [0.2, 0.25) is 0 Å². The van der Waals surface area contributed by atoms with Crippen molar-refractivity contribution in [2.75, 3.05) is 0 Å². The van der Waals surface area contributed by atoms with Crippen LogP contribution >= 0.6 is 0 Å². The number of benzene rings is 2. The molecule has 1 aliphatic heterocycles. The average molecular weight is 304 g/mol. The molecule has 1 atom stereocenters. The zero-order valence-corrected chi connectivity index (χ0v) is 12.0. The van der Waals surface area contributed by atoms with Crippen LogP contribution in [-0.4, -0.2) is 31.9 Å². The molecule has 0 saturated heterocycles. The van der Waals surface area contributed by atoms with Crippen molar-refractivity contribution in [2.45, 2.75) is 6.04 Å². The summed E-state index contributed by atoms with van der Waals surface area (Å²) in [4.78, 5) is 30.9. The number of aromatic nitrogens is 3. The maximum Gasteiger partial charge on any atom is 0.262 e. The summed E-state index contributed by atoms with van der Waals surface area (Å²) in [6.45, 7) is 0.